The van der Waals surface area contributed by atoms with Crippen LogP contribution in [0.2, 0.25) is 5.02 Å². The molecule has 2 aromatic rings. The summed E-state index contributed by atoms with van der Waals surface area (Å²) in [7, 11) is 0. The van der Waals surface area contributed by atoms with Gasteiger partial charge in [0.2, 0.25) is 0 Å². The zero-order chi connectivity index (χ0) is 22.1. The fraction of sp³-hybridized carbons (Fsp3) is 0.143. The molecule has 0 aliphatic carbocycles. The third-order valence-electron chi connectivity index (χ3n) is 3.67. The number of nitrogens with zero attached hydrogens (tertiary/aromatic N) is 2. The first-order valence-corrected chi connectivity index (χ1v) is 9.15. The lowest BCUT2D eigenvalue weighted by molar-refractivity contribution is -0.384. The summed E-state index contributed by atoms with van der Waals surface area (Å²) in [6.45, 7) is 5.95. The number of ether oxygens (including phenoxy) is 2. The van der Waals surface area contributed by atoms with Crippen molar-refractivity contribution in [1.82, 2.24) is 0 Å². The summed E-state index contributed by atoms with van der Waals surface area (Å²) in [4.78, 5) is 22.8. The van der Waals surface area contributed by atoms with Crippen molar-refractivity contribution >= 4 is 35.0 Å². The molecule has 0 aliphatic heterocycles. The zero-order valence-corrected chi connectivity index (χ0v) is 16.8. The summed E-state index contributed by atoms with van der Waals surface area (Å²) >= 11 is 6.27. The van der Waals surface area contributed by atoms with E-state index < -0.39 is 10.8 Å². The first kappa shape index (κ1) is 22.5. The van der Waals surface area contributed by atoms with E-state index in [1.165, 1.54) is 36.4 Å². The van der Waals surface area contributed by atoms with Crippen LogP contribution in [0.1, 0.15) is 12.5 Å². The number of anilines is 1. The maximum Gasteiger partial charge on any atom is 0.271 e. The normalized spacial score (nSPS) is 10.6. The molecule has 0 fully saturated rings. The summed E-state index contributed by atoms with van der Waals surface area (Å²) in [5.74, 6) is -0.0383. The molecule has 1 amide bonds. The standard InChI is InChI=1S/C21H18ClN3O5/c1-3-8-30-20-18(22)10-14(11-19(20)29-4-2)9-15(13-23)21(26)24-16-6-5-7-17(12-16)25(27)28/h3,5-7,9-12H,1,4,8H2,2H3,(H,24,26)/b15-9+. The summed E-state index contributed by atoms with van der Waals surface area (Å²) < 4.78 is 11.1. The van der Waals surface area contributed by atoms with Gasteiger partial charge in [-0.2, -0.15) is 5.26 Å². The molecule has 0 saturated carbocycles. The van der Waals surface area contributed by atoms with Gasteiger partial charge < -0.3 is 14.8 Å². The number of nitriles is 1. The summed E-state index contributed by atoms with van der Waals surface area (Å²) in [5.41, 5.74) is 0.232. The van der Waals surface area contributed by atoms with Crippen LogP contribution in [0, 0.1) is 21.4 Å². The lowest BCUT2D eigenvalue weighted by Crippen LogP contribution is -2.13. The van der Waals surface area contributed by atoms with Crippen LogP contribution in [0.4, 0.5) is 11.4 Å². The molecule has 0 saturated heterocycles. The van der Waals surface area contributed by atoms with Gasteiger partial charge in [0.25, 0.3) is 11.6 Å². The molecule has 2 aromatic carbocycles. The molecule has 0 aromatic heterocycles. The van der Waals surface area contributed by atoms with Crippen LogP contribution in [0.25, 0.3) is 6.08 Å². The van der Waals surface area contributed by atoms with Crippen molar-refractivity contribution in [3.8, 4) is 17.6 Å². The van der Waals surface area contributed by atoms with Gasteiger partial charge in [-0.25, -0.2) is 0 Å². The van der Waals surface area contributed by atoms with Crippen molar-refractivity contribution < 1.29 is 19.2 Å². The van der Waals surface area contributed by atoms with E-state index in [9.17, 15) is 20.2 Å². The van der Waals surface area contributed by atoms with Crippen molar-refractivity contribution in [3.05, 3.63) is 75.3 Å². The molecule has 1 N–H and O–H groups in total. The summed E-state index contributed by atoms with van der Waals surface area (Å²) in [5, 5.41) is 23.0. The lowest BCUT2D eigenvalue weighted by Gasteiger charge is -2.13. The highest BCUT2D eigenvalue weighted by Crippen LogP contribution is 2.37. The first-order chi connectivity index (χ1) is 14.4. The maximum atomic E-state index is 12.5. The Kier molecular flexibility index (Phi) is 7.97. The first-order valence-electron chi connectivity index (χ1n) is 8.77. The van der Waals surface area contributed by atoms with Crippen LogP contribution >= 0.6 is 11.6 Å². The smallest absolute Gasteiger partial charge is 0.271 e. The Bertz CT molecular complexity index is 1040. The molecule has 30 heavy (non-hydrogen) atoms. The molecule has 0 atom stereocenters. The molecule has 0 heterocycles. The number of hydrogen-bond donors (Lipinski definition) is 1. The Morgan fingerprint density at radius 2 is 2.13 bits per heavy atom. The van der Waals surface area contributed by atoms with E-state index >= 15 is 0 Å². The minimum atomic E-state index is -0.723. The van der Waals surface area contributed by atoms with Crippen LogP contribution in [-0.4, -0.2) is 24.0 Å². The highest BCUT2D eigenvalue weighted by atomic mass is 35.5. The number of hydrogen-bond acceptors (Lipinski definition) is 6. The van der Waals surface area contributed by atoms with E-state index in [-0.39, 0.29) is 28.6 Å². The van der Waals surface area contributed by atoms with Gasteiger partial charge in [0, 0.05) is 17.8 Å². The van der Waals surface area contributed by atoms with E-state index in [2.05, 4.69) is 11.9 Å². The average molecular weight is 428 g/mol. The molecule has 2 rings (SSSR count). The van der Waals surface area contributed by atoms with Crippen LogP contribution in [0.5, 0.6) is 11.5 Å². The molecule has 8 nitrogen and oxygen atoms in total. The molecular weight excluding hydrogens is 410 g/mol. The number of non-ortho nitro benzene ring substituents is 1. The van der Waals surface area contributed by atoms with Gasteiger partial charge in [-0.3, -0.25) is 14.9 Å². The molecule has 0 bridgehead atoms. The van der Waals surface area contributed by atoms with Crippen LogP contribution in [-0.2, 0) is 4.79 Å². The third-order valence-corrected chi connectivity index (χ3v) is 3.95. The zero-order valence-electron chi connectivity index (χ0n) is 16.1. The molecule has 9 heteroatoms. The lowest BCUT2D eigenvalue weighted by atomic mass is 10.1. The number of benzene rings is 2. The Morgan fingerprint density at radius 1 is 1.37 bits per heavy atom. The number of carbonyl (C=O) groups excluding carboxylic acids is 1. The number of carbonyl (C=O) groups is 1. The van der Waals surface area contributed by atoms with Gasteiger partial charge in [0.1, 0.15) is 18.2 Å². The predicted octanol–water partition coefficient (Wildman–Crippen LogP) is 4.76. The Hall–Kier alpha value is -3.83. The SMILES string of the molecule is C=CCOc1c(Cl)cc(/C=C(\C#N)C(=O)Nc2cccc([N+](=O)[O-])c2)cc1OCC. The predicted molar refractivity (Wildman–Crippen MR) is 114 cm³/mol. The van der Waals surface area contributed by atoms with Crippen molar-refractivity contribution in [1.29, 1.82) is 5.26 Å². The monoisotopic (exact) mass is 427 g/mol. The summed E-state index contributed by atoms with van der Waals surface area (Å²) in [6, 6.07) is 10.3. The van der Waals surface area contributed by atoms with Gasteiger partial charge in [0.15, 0.2) is 11.5 Å². The number of rotatable bonds is 9. The molecule has 154 valence electrons. The molecular formula is C21H18ClN3O5. The van der Waals surface area contributed by atoms with Crippen molar-refractivity contribution in [3.63, 3.8) is 0 Å². The molecule has 0 unspecified atom stereocenters. The fourth-order valence-corrected chi connectivity index (χ4v) is 2.70. The van der Waals surface area contributed by atoms with E-state index in [1.54, 1.807) is 19.1 Å². The number of nitrogens with one attached hydrogen (secondary N) is 1. The number of nitro benzene ring substituents is 1. The van der Waals surface area contributed by atoms with Crippen LogP contribution in [0.3, 0.4) is 0 Å². The number of nitro groups is 1. The second-order valence-electron chi connectivity index (χ2n) is 5.79. The highest BCUT2D eigenvalue weighted by Gasteiger charge is 2.15. The van der Waals surface area contributed by atoms with E-state index in [0.29, 0.717) is 23.7 Å². The minimum absolute atomic E-state index is 0.182. The van der Waals surface area contributed by atoms with E-state index in [4.69, 9.17) is 21.1 Å². The van der Waals surface area contributed by atoms with Crippen LogP contribution in [0.15, 0.2) is 54.6 Å². The van der Waals surface area contributed by atoms with E-state index in [1.807, 2.05) is 6.07 Å². The Labute approximate surface area is 178 Å². The highest BCUT2D eigenvalue weighted by molar-refractivity contribution is 6.32. The Balaban J connectivity index is 2.33. The van der Waals surface area contributed by atoms with Crippen molar-refractivity contribution in [2.75, 3.05) is 18.5 Å². The molecule has 0 radical (unpaired) electrons. The van der Waals surface area contributed by atoms with Crippen LogP contribution < -0.4 is 14.8 Å². The second kappa shape index (κ2) is 10.6. The largest absolute Gasteiger partial charge is 0.490 e. The van der Waals surface area contributed by atoms with Gasteiger partial charge in [0.05, 0.1) is 16.6 Å². The van der Waals surface area contributed by atoms with Gasteiger partial charge >= 0.3 is 0 Å². The van der Waals surface area contributed by atoms with E-state index in [0.717, 1.165) is 0 Å². The third kappa shape index (κ3) is 5.83. The van der Waals surface area contributed by atoms with Gasteiger partial charge in [-0.1, -0.05) is 30.3 Å². The average Bonchev–Trinajstić information content (AvgIpc) is 2.71. The second-order valence-corrected chi connectivity index (χ2v) is 6.20. The number of halogens is 1. The Morgan fingerprint density at radius 3 is 2.77 bits per heavy atom. The molecule has 0 aliphatic rings. The fourth-order valence-electron chi connectivity index (χ4n) is 2.43. The topological polar surface area (TPSA) is 114 Å². The minimum Gasteiger partial charge on any atom is -0.490 e. The van der Waals surface area contributed by atoms with Crippen molar-refractivity contribution in [2.45, 2.75) is 6.92 Å². The molecule has 0 spiro atoms. The van der Waals surface area contributed by atoms with Gasteiger partial charge in [-0.05, 0) is 36.8 Å². The maximum absolute atomic E-state index is 12.5. The van der Waals surface area contributed by atoms with Gasteiger partial charge in [-0.15, -0.1) is 0 Å². The quantitative estimate of drug-likeness (QED) is 0.203. The van der Waals surface area contributed by atoms with Crippen molar-refractivity contribution in [2.24, 2.45) is 0 Å². The summed E-state index contributed by atoms with van der Waals surface area (Å²) in [6.07, 6.45) is 2.89. The number of amides is 1.